The molecule has 0 atom stereocenters. The minimum absolute atomic E-state index is 0.577. The lowest BCUT2D eigenvalue weighted by Crippen LogP contribution is -2.00. The first-order valence-electron chi connectivity index (χ1n) is 16.3. The first-order chi connectivity index (χ1) is 24.2. The Labute approximate surface area is 281 Å². The van der Waals surface area contributed by atoms with Crippen molar-refractivity contribution < 1.29 is 4.42 Å². The zero-order valence-corrected chi connectivity index (χ0v) is 26.2. The average molecular weight is 627 g/mol. The highest BCUT2D eigenvalue weighted by Gasteiger charge is 2.19. The lowest BCUT2D eigenvalue weighted by molar-refractivity contribution is 0.656. The Kier molecular flexibility index (Phi) is 6.11. The van der Waals surface area contributed by atoms with Crippen molar-refractivity contribution >= 4 is 54.5 Å². The molecule has 10 aromatic rings. The molecule has 0 amide bonds. The number of aromatic nitrogens is 4. The van der Waals surface area contributed by atoms with Crippen LogP contribution in [0.4, 0.5) is 0 Å². The van der Waals surface area contributed by atoms with Crippen molar-refractivity contribution in [2.45, 2.75) is 0 Å². The van der Waals surface area contributed by atoms with Gasteiger partial charge in [-0.15, -0.1) is 0 Å². The van der Waals surface area contributed by atoms with Gasteiger partial charge in [-0.25, -0.2) is 19.9 Å². The summed E-state index contributed by atoms with van der Waals surface area (Å²) in [6.07, 6.45) is 0. The SMILES string of the molecule is c1ccc2cc(-c3nc(-c4ccc(-c5cccc6ccccc56)cc4)nc(-c4cccc5oc6nc7ccccc7cc6c45)n3)ccc2c1. The molecule has 0 aliphatic rings. The van der Waals surface area contributed by atoms with E-state index in [1.54, 1.807) is 0 Å². The Morgan fingerprint density at radius 3 is 1.88 bits per heavy atom. The molecule has 0 bridgehead atoms. The number of benzene rings is 7. The predicted molar refractivity (Wildman–Crippen MR) is 199 cm³/mol. The van der Waals surface area contributed by atoms with Gasteiger partial charge >= 0.3 is 0 Å². The number of hydrogen-bond donors (Lipinski definition) is 0. The number of para-hydroxylation sites is 1. The van der Waals surface area contributed by atoms with Crippen LogP contribution in [0.5, 0.6) is 0 Å². The largest absolute Gasteiger partial charge is 0.438 e. The smallest absolute Gasteiger partial charge is 0.227 e. The molecule has 0 spiro atoms. The topological polar surface area (TPSA) is 64.7 Å². The maximum absolute atomic E-state index is 6.30. The maximum atomic E-state index is 6.30. The predicted octanol–water partition coefficient (Wildman–Crippen LogP) is 11.3. The van der Waals surface area contributed by atoms with Crippen molar-refractivity contribution in [3.63, 3.8) is 0 Å². The second-order valence-electron chi connectivity index (χ2n) is 12.3. The van der Waals surface area contributed by atoms with Crippen LogP contribution in [0.25, 0.3) is 99.8 Å². The highest BCUT2D eigenvalue weighted by molar-refractivity contribution is 6.13. The van der Waals surface area contributed by atoms with Crippen molar-refractivity contribution in [3.05, 3.63) is 158 Å². The van der Waals surface area contributed by atoms with Crippen LogP contribution in [0.3, 0.4) is 0 Å². The Bertz CT molecular complexity index is 2890. The molecule has 5 heteroatoms. The third kappa shape index (κ3) is 4.63. The average Bonchev–Trinajstić information content (AvgIpc) is 3.54. The van der Waals surface area contributed by atoms with E-state index in [-0.39, 0.29) is 0 Å². The first kappa shape index (κ1) is 27.4. The van der Waals surface area contributed by atoms with Gasteiger partial charge < -0.3 is 4.42 Å². The summed E-state index contributed by atoms with van der Waals surface area (Å²) >= 11 is 0. The van der Waals surface area contributed by atoms with Gasteiger partial charge in [-0.2, -0.15) is 0 Å². The van der Waals surface area contributed by atoms with Crippen LogP contribution >= 0.6 is 0 Å². The van der Waals surface area contributed by atoms with Crippen molar-refractivity contribution in [2.75, 3.05) is 0 Å². The second-order valence-corrected chi connectivity index (χ2v) is 12.3. The van der Waals surface area contributed by atoms with Gasteiger partial charge in [0.25, 0.3) is 0 Å². The van der Waals surface area contributed by atoms with Gasteiger partial charge in [-0.05, 0) is 56.9 Å². The standard InChI is InChI=1S/C44H26N4O/c1-2-11-31-25-33(24-19-27(31)9-1)42-46-41(30-22-20-29(21-23-30)35-15-7-13-28-10-3-5-14-34(28)35)47-43(48-42)36-16-8-18-39-40(36)37-26-32-12-4-6-17-38(32)45-44(37)49-39/h1-26H. The summed E-state index contributed by atoms with van der Waals surface area (Å²) in [5.74, 6) is 1.79. The quantitative estimate of drug-likeness (QED) is 0.194. The molecule has 0 aliphatic heterocycles. The molecule has 3 aromatic heterocycles. The number of hydrogen-bond acceptors (Lipinski definition) is 5. The highest BCUT2D eigenvalue weighted by atomic mass is 16.3. The third-order valence-electron chi connectivity index (χ3n) is 9.32. The fourth-order valence-corrected chi connectivity index (χ4v) is 6.90. The van der Waals surface area contributed by atoms with E-state index >= 15 is 0 Å². The summed E-state index contributed by atoms with van der Waals surface area (Å²) in [4.78, 5) is 20.2. The number of furan rings is 1. The van der Waals surface area contributed by atoms with E-state index in [0.29, 0.717) is 23.2 Å². The number of nitrogens with zero attached hydrogens (tertiary/aromatic N) is 4. The Hall–Kier alpha value is -6.72. The molecular weight excluding hydrogens is 601 g/mol. The lowest BCUT2D eigenvalue weighted by Gasteiger charge is -2.11. The zero-order chi connectivity index (χ0) is 32.3. The van der Waals surface area contributed by atoms with Gasteiger partial charge in [-0.3, -0.25) is 0 Å². The molecule has 0 radical (unpaired) electrons. The van der Waals surface area contributed by atoms with Crippen LogP contribution in [0.2, 0.25) is 0 Å². The van der Waals surface area contributed by atoms with E-state index in [4.69, 9.17) is 24.4 Å². The van der Waals surface area contributed by atoms with Gasteiger partial charge in [0.05, 0.1) is 5.52 Å². The molecule has 0 unspecified atom stereocenters. The van der Waals surface area contributed by atoms with Gasteiger partial charge in [-0.1, -0.05) is 133 Å². The minimum Gasteiger partial charge on any atom is -0.438 e. The fourth-order valence-electron chi connectivity index (χ4n) is 6.90. The van der Waals surface area contributed by atoms with Crippen LogP contribution < -0.4 is 0 Å². The Morgan fingerprint density at radius 2 is 1.00 bits per heavy atom. The maximum Gasteiger partial charge on any atom is 0.227 e. The van der Waals surface area contributed by atoms with E-state index in [2.05, 4.69) is 127 Å². The molecule has 10 rings (SSSR count). The van der Waals surface area contributed by atoms with E-state index < -0.39 is 0 Å². The number of pyridine rings is 1. The van der Waals surface area contributed by atoms with Crippen LogP contribution in [0, 0.1) is 0 Å². The van der Waals surface area contributed by atoms with Crippen LogP contribution in [0.15, 0.2) is 162 Å². The van der Waals surface area contributed by atoms with Crippen molar-refractivity contribution in [2.24, 2.45) is 0 Å². The summed E-state index contributed by atoms with van der Waals surface area (Å²) in [6, 6.07) is 54.3. The van der Waals surface area contributed by atoms with E-state index in [1.165, 1.54) is 21.7 Å². The summed E-state index contributed by atoms with van der Waals surface area (Å²) in [6.45, 7) is 0. The number of rotatable bonds is 4. The third-order valence-corrected chi connectivity index (χ3v) is 9.32. The molecule has 0 N–H and O–H groups in total. The second kappa shape index (κ2) is 10.9. The minimum atomic E-state index is 0.577. The number of fused-ring (bicyclic) bond motifs is 6. The highest BCUT2D eigenvalue weighted by Crippen LogP contribution is 2.38. The van der Waals surface area contributed by atoms with E-state index in [0.717, 1.165) is 54.9 Å². The molecule has 5 nitrogen and oxygen atoms in total. The van der Waals surface area contributed by atoms with Gasteiger partial charge in [0.15, 0.2) is 17.5 Å². The van der Waals surface area contributed by atoms with Crippen molar-refractivity contribution in [3.8, 4) is 45.3 Å². The Morgan fingerprint density at radius 1 is 0.367 bits per heavy atom. The monoisotopic (exact) mass is 626 g/mol. The zero-order valence-electron chi connectivity index (χ0n) is 26.2. The van der Waals surface area contributed by atoms with E-state index in [1.807, 2.05) is 30.3 Å². The molecule has 49 heavy (non-hydrogen) atoms. The summed E-state index contributed by atoms with van der Waals surface area (Å²) in [5.41, 5.74) is 7.25. The first-order valence-corrected chi connectivity index (χ1v) is 16.3. The van der Waals surface area contributed by atoms with E-state index in [9.17, 15) is 0 Å². The summed E-state index contributed by atoms with van der Waals surface area (Å²) < 4.78 is 6.30. The van der Waals surface area contributed by atoms with Crippen molar-refractivity contribution in [1.29, 1.82) is 0 Å². The molecule has 0 aliphatic carbocycles. The van der Waals surface area contributed by atoms with Crippen molar-refractivity contribution in [1.82, 2.24) is 19.9 Å². The summed E-state index contributed by atoms with van der Waals surface area (Å²) in [7, 11) is 0. The molecule has 0 saturated heterocycles. The normalized spacial score (nSPS) is 11.7. The van der Waals surface area contributed by atoms with Gasteiger partial charge in [0.1, 0.15) is 5.58 Å². The summed E-state index contributed by atoms with van der Waals surface area (Å²) in [5, 5.41) is 7.65. The molecule has 0 fully saturated rings. The molecule has 3 heterocycles. The molecular formula is C44H26N4O. The molecule has 0 saturated carbocycles. The molecule has 7 aromatic carbocycles. The van der Waals surface area contributed by atoms with Crippen LogP contribution in [-0.4, -0.2) is 19.9 Å². The van der Waals surface area contributed by atoms with Gasteiger partial charge in [0.2, 0.25) is 5.71 Å². The Balaban J connectivity index is 1.17. The van der Waals surface area contributed by atoms with Gasteiger partial charge in [0, 0.05) is 32.8 Å². The lowest BCUT2D eigenvalue weighted by atomic mass is 9.97. The fraction of sp³-hybridized carbons (Fsp3) is 0. The van der Waals surface area contributed by atoms with Crippen LogP contribution in [0.1, 0.15) is 0 Å². The van der Waals surface area contributed by atoms with Crippen LogP contribution in [-0.2, 0) is 0 Å². The molecule has 228 valence electrons.